The molecule has 1 aromatic heterocycles. The zero-order valence-electron chi connectivity index (χ0n) is 18.7. The summed E-state index contributed by atoms with van der Waals surface area (Å²) in [5, 5.41) is 13.1. The highest BCUT2D eigenvalue weighted by Gasteiger charge is 2.22. The van der Waals surface area contributed by atoms with Crippen molar-refractivity contribution < 1.29 is 0 Å². The topological polar surface area (TPSA) is 52.0 Å². The third-order valence-corrected chi connectivity index (χ3v) is 5.89. The molecule has 2 heterocycles. The molecule has 5 heteroatoms. The number of nitrogens with one attached hydrogen (secondary N) is 2. The van der Waals surface area contributed by atoms with Crippen LogP contribution in [0.2, 0.25) is 0 Å². The monoisotopic (exact) mass is 400 g/mol. The second-order valence-electron chi connectivity index (χ2n) is 8.55. The van der Waals surface area contributed by atoms with Crippen LogP contribution in [0.15, 0.2) is 42.1 Å². The van der Waals surface area contributed by atoms with Gasteiger partial charge >= 0.3 is 0 Å². The number of likely N-dealkylation sites (tertiary alicyclic amines) is 1. The Bertz CT molecular complexity index is 953. The number of allylic oxidation sites excluding steroid dienone is 4. The number of fused-ring (bicyclic) bond motifs is 1. The van der Waals surface area contributed by atoms with E-state index in [1.165, 1.54) is 18.5 Å². The minimum absolute atomic E-state index is 0.524. The van der Waals surface area contributed by atoms with Crippen LogP contribution in [0.25, 0.3) is 16.3 Å². The fraction of sp³-hybridized carbons (Fsp3) is 0.440. The van der Waals surface area contributed by atoms with Gasteiger partial charge in [0, 0.05) is 24.4 Å². The highest BCUT2D eigenvalue weighted by atomic mass is 15.1. The molecule has 1 fully saturated rings. The van der Waals surface area contributed by atoms with E-state index in [0.29, 0.717) is 17.4 Å². The molecule has 0 aliphatic carbocycles. The molecule has 0 atom stereocenters. The predicted octanol–water partition coefficient (Wildman–Crippen LogP) is 4.77. The van der Waals surface area contributed by atoms with Crippen molar-refractivity contribution in [1.29, 1.82) is 5.41 Å². The Morgan fingerprint density at radius 3 is 2.57 bits per heavy atom. The number of benzene rings is 1. The summed E-state index contributed by atoms with van der Waals surface area (Å²) in [5.74, 6) is 2.02. The number of anilines is 1. The molecule has 156 valence electrons. The Labute approximate surface area is 182 Å². The van der Waals surface area contributed by atoms with E-state index in [-0.39, 0.29) is 0 Å². The number of rotatable bonds is 7. The molecule has 0 bridgehead atoms. The summed E-state index contributed by atoms with van der Waals surface area (Å²) in [6, 6.07) is 8.13. The van der Waals surface area contributed by atoms with E-state index >= 15 is 0 Å². The minimum atomic E-state index is 0.524. The van der Waals surface area contributed by atoms with Crippen LogP contribution in [0.4, 0.5) is 5.82 Å². The maximum absolute atomic E-state index is 7.62. The molecule has 1 aromatic carbocycles. The summed E-state index contributed by atoms with van der Waals surface area (Å²) < 4.78 is 0. The molecule has 1 saturated heterocycles. The standard InChI is InChI=1S/C25H33BN4/c1-5-18(15-27)20-7-8-22-21(13-20)14-24(29-25(22)26)28-23(6-2)19-9-11-30(12-10-19)16-17(3)4/h5-8,13-15,17,19,27H,9-12,16H2,1-4H3,(H,28,29)/b18-5+,23-6-,27-15?. The van der Waals surface area contributed by atoms with Crippen molar-refractivity contribution in [3.63, 3.8) is 0 Å². The summed E-state index contributed by atoms with van der Waals surface area (Å²) in [5.41, 5.74) is 3.67. The first-order valence-electron chi connectivity index (χ1n) is 11.0. The van der Waals surface area contributed by atoms with E-state index in [1.54, 1.807) is 0 Å². The third-order valence-electron chi connectivity index (χ3n) is 5.89. The second kappa shape index (κ2) is 10.1. The minimum Gasteiger partial charge on any atom is -0.344 e. The van der Waals surface area contributed by atoms with E-state index in [0.717, 1.165) is 53.7 Å². The van der Waals surface area contributed by atoms with Crippen LogP contribution in [-0.4, -0.2) is 43.6 Å². The molecule has 2 aromatic rings. The lowest BCUT2D eigenvalue weighted by Crippen LogP contribution is -2.37. The molecule has 0 saturated carbocycles. The highest BCUT2D eigenvalue weighted by molar-refractivity contribution is 6.37. The van der Waals surface area contributed by atoms with Crippen LogP contribution < -0.4 is 10.9 Å². The fourth-order valence-corrected chi connectivity index (χ4v) is 4.36. The quantitative estimate of drug-likeness (QED) is 0.520. The Balaban J connectivity index is 1.79. The molecule has 0 spiro atoms. The lowest BCUT2D eigenvalue weighted by atomic mass is 9.92. The van der Waals surface area contributed by atoms with E-state index < -0.39 is 0 Å². The first kappa shape index (κ1) is 22.3. The van der Waals surface area contributed by atoms with Crippen molar-refractivity contribution in [3.05, 3.63) is 47.7 Å². The van der Waals surface area contributed by atoms with Crippen LogP contribution in [-0.2, 0) is 0 Å². The summed E-state index contributed by atoms with van der Waals surface area (Å²) in [4.78, 5) is 7.18. The van der Waals surface area contributed by atoms with Crippen molar-refractivity contribution in [2.24, 2.45) is 11.8 Å². The van der Waals surface area contributed by atoms with Crippen molar-refractivity contribution in [2.45, 2.75) is 40.5 Å². The average Bonchev–Trinajstić information content (AvgIpc) is 2.73. The van der Waals surface area contributed by atoms with Gasteiger partial charge in [-0.3, -0.25) is 0 Å². The van der Waals surface area contributed by atoms with Gasteiger partial charge in [-0.25, -0.2) is 4.98 Å². The van der Waals surface area contributed by atoms with Crippen LogP contribution in [0.3, 0.4) is 0 Å². The molecule has 1 aliphatic heterocycles. The molecule has 3 rings (SSSR count). The first-order chi connectivity index (χ1) is 14.4. The Hall–Kier alpha value is -2.40. The lowest BCUT2D eigenvalue weighted by Gasteiger charge is -2.34. The van der Waals surface area contributed by atoms with E-state index in [1.807, 2.05) is 25.1 Å². The summed E-state index contributed by atoms with van der Waals surface area (Å²) >= 11 is 0. The maximum Gasteiger partial charge on any atom is 0.142 e. The van der Waals surface area contributed by atoms with E-state index in [4.69, 9.17) is 13.3 Å². The molecular formula is C25H33BN4. The molecule has 2 N–H and O–H groups in total. The second-order valence-corrected chi connectivity index (χ2v) is 8.55. The first-order valence-corrected chi connectivity index (χ1v) is 11.0. The van der Waals surface area contributed by atoms with Crippen LogP contribution in [0.1, 0.15) is 46.1 Å². The Morgan fingerprint density at radius 2 is 1.97 bits per heavy atom. The van der Waals surface area contributed by atoms with Gasteiger partial charge in [-0.15, -0.1) is 0 Å². The van der Waals surface area contributed by atoms with E-state index in [2.05, 4.69) is 54.2 Å². The molecule has 1 aliphatic rings. The van der Waals surface area contributed by atoms with Gasteiger partial charge in [-0.05, 0) is 85.3 Å². The SMILES string of the molecule is [B]c1nc(N/C(=C\C)C2CCN(CC(C)C)CC2)cc2cc(/C(C=N)=C/C)ccc12. The van der Waals surface area contributed by atoms with Gasteiger partial charge in [-0.1, -0.05) is 38.1 Å². The molecule has 0 amide bonds. The van der Waals surface area contributed by atoms with Gasteiger partial charge < -0.3 is 15.6 Å². The number of nitrogens with zero attached hydrogens (tertiary/aromatic N) is 2. The average molecular weight is 400 g/mol. The normalized spacial score (nSPS) is 17.0. The Kier molecular flexibility index (Phi) is 7.49. The smallest absolute Gasteiger partial charge is 0.142 e. The van der Waals surface area contributed by atoms with Crippen molar-refractivity contribution >= 4 is 41.8 Å². The van der Waals surface area contributed by atoms with Gasteiger partial charge in [0.1, 0.15) is 13.7 Å². The van der Waals surface area contributed by atoms with Gasteiger partial charge in [0.15, 0.2) is 0 Å². The molecule has 2 radical (unpaired) electrons. The predicted molar refractivity (Wildman–Crippen MR) is 131 cm³/mol. The van der Waals surface area contributed by atoms with Gasteiger partial charge in [-0.2, -0.15) is 0 Å². The van der Waals surface area contributed by atoms with Crippen LogP contribution in [0.5, 0.6) is 0 Å². The summed E-state index contributed by atoms with van der Waals surface area (Å²) in [6.07, 6.45) is 7.83. The maximum atomic E-state index is 7.62. The van der Waals surface area contributed by atoms with Gasteiger partial charge in [0.25, 0.3) is 0 Å². The molecular weight excluding hydrogens is 367 g/mol. The molecule has 4 nitrogen and oxygen atoms in total. The van der Waals surface area contributed by atoms with Crippen LogP contribution >= 0.6 is 0 Å². The summed E-state index contributed by atoms with van der Waals surface area (Å²) in [6.45, 7) is 12.1. The van der Waals surface area contributed by atoms with Crippen LogP contribution in [0, 0.1) is 17.2 Å². The molecule has 0 unspecified atom stereocenters. The number of hydrogen-bond acceptors (Lipinski definition) is 4. The zero-order chi connectivity index (χ0) is 21.7. The molecule has 30 heavy (non-hydrogen) atoms. The summed E-state index contributed by atoms with van der Waals surface area (Å²) in [7, 11) is 6.27. The number of aromatic nitrogens is 1. The zero-order valence-corrected chi connectivity index (χ0v) is 18.7. The van der Waals surface area contributed by atoms with Gasteiger partial charge in [0.05, 0.1) is 0 Å². The third kappa shape index (κ3) is 5.20. The fourth-order valence-electron chi connectivity index (χ4n) is 4.36. The van der Waals surface area contributed by atoms with Crippen molar-refractivity contribution in [1.82, 2.24) is 9.88 Å². The van der Waals surface area contributed by atoms with Crippen molar-refractivity contribution in [3.8, 4) is 0 Å². The highest BCUT2D eigenvalue weighted by Crippen LogP contribution is 2.27. The van der Waals surface area contributed by atoms with Gasteiger partial charge in [0.2, 0.25) is 0 Å². The number of piperidine rings is 1. The van der Waals surface area contributed by atoms with Crippen molar-refractivity contribution in [2.75, 3.05) is 25.0 Å². The lowest BCUT2D eigenvalue weighted by molar-refractivity contribution is 0.180. The largest absolute Gasteiger partial charge is 0.344 e. The number of hydrogen-bond donors (Lipinski definition) is 2. The van der Waals surface area contributed by atoms with E-state index in [9.17, 15) is 0 Å². The number of pyridine rings is 1. The Morgan fingerprint density at radius 1 is 1.23 bits per heavy atom.